The lowest BCUT2D eigenvalue weighted by Crippen LogP contribution is -2.28. The summed E-state index contributed by atoms with van der Waals surface area (Å²) in [6.07, 6.45) is 14.8. The van der Waals surface area contributed by atoms with Crippen molar-refractivity contribution in [2.75, 3.05) is 27.3 Å². The lowest BCUT2D eigenvalue weighted by atomic mass is 9.92. The van der Waals surface area contributed by atoms with Crippen molar-refractivity contribution in [3.63, 3.8) is 0 Å². The van der Waals surface area contributed by atoms with Crippen molar-refractivity contribution in [2.24, 2.45) is 0 Å². The fourth-order valence-corrected chi connectivity index (χ4v) is 3.89. The second kappa shape index (κ2) is 8.59. The number of nitrogens with zero attached hydrogens (tertiary/aromatic N) is 1. The third-order valence-corrected chi connectivity index (χ3v) is 5.51. The van der Waals surface area contributed by atoms with E-state index in [1.807, 2.05) is 42.6 Å². The number of ether oxygens (including phenoxy) is 2. The minimum Gasteiger partial charge on any atom is -0.493 e. The number of nitrogens with one attached hydrogen (secondary N) is 1. The van der Waals surface area contributed by atoms with Crippen molar-refractivity contribution >= 4 is 11.5 Å². The molecule has 1 N–H and O–H groups in total. The van der Waals surface area contributed by atoms with Crippen LogP contribution >= 0.6 is 0 Å². The normalized spacial score (nSPS) is 20.6. The van der Waals surface area contributed by atoms with Crippen LogP contribution < -0.4 is 14.8 Å². The van der Waals surface area contributed by atoms with E-state index in [-0.39, 0.29) is 5.91 Å². The van der Waals surface area contributed by atoms with Gasteiger partial charge in [-0.1, -0.05) is 24.3 Å². The SMILES string of the molecule is COc1ccc(C2=CC(=O)N3C=C(C4=CCNCC4)C(C)=C/C3=C\C=C2)cc1OC. The Morgan fingerprint density at radius 3 is 2.67 bits per heavy atom. The van der Waals surface area contributed by atoms with Crippen molar-refractivity contribution in [2.45, 2.75) is 13.3 Å². The van der Waals surface area contributed by atoms with Gasteiger partial charge in [-0.25, -0.2) is 0 Å². The van der Waals surface area contributed by atoms with E-state index in [0.29, 0.717) is 11.5 Å². The average Bonchev–Trinajstić information content (AvgIpc) is 2.77. The van der Waals surface area contributed by atoms with Gasteiger partial charge in [0.05, 0.1) is 14.2 Å². The number of methoxy groups -OCH3 is 2. The zero-order chi connectivity index (χ0) is 21.1. The number of hydrogen-bond donors (Lipinski definition) is 1. The van der Waals surface area contributed by atoms with E-state index < -0.39 is 0 Å². The van der Waals surface area contributed by atoms with Gasteiger partial charge in [-0.3, -0.25) is 9.69 Å². The molecular formula is C25H26N2O3. The highest BCUT2D eigenvalue weighted by molar-refractivity contribution is 6.00. The molecule has 0 saturated heterocycles. The first kappa shape index (κ1) is 20.0. The van der Waals surface area contributed by atoms with Gasteiger partial charge in [0.1, 0.15) is 0 Å². The first-order valence-electron chi connectivity index (χ1n) is 10.1. The summed E-state index contributed by atoms with van der Waals surface area (Å²) in [6.45, 7) is 3.92. The molecule has 3 aliphatic rings. The molecule has 0 fully saturated rings. The van der Waals surface area contributed by atoms with Crippen molar-refractivity contribution in [1.29, 1.82) is 0 Å². The summed E-state index contributed by atoms with van der Waals surface area (Å²) < 4.78 is 10.7. The molecular weight excluding hydrogens is 376 g/mol. The number of hydrogen-bond acceptors (Lipinski definition) is 4. The minimum absolute atomic E-state index is 0.0776. The fourth-order valence-electron chi connectivity index (χ4n) is 3.89. The van der Waals surface area contributed by atoms with Crippen LogP contribution in [0.3, 0.4) is 0 Å². The lowest BCUT2D eigenvalue weighted by molar-refractivity contribution is -0.122. The van der Waals surface area contributed by atoms with Crippen LogP contribution in [0.1, 0.15) is 18.9 Å². The van der Waals surface area contributed by atoms with E-state index in [4.69, 9.17) is 9.47 Å². The number of benzene rings is 1. The van der Waals surface area contributed by atoms with Crippen LogP contribution in [-0.4, -0.2) is 38.1 Å². The number of allylic oxidation sites excluding steroid dienone is 7. The van der Waals surface area contributed by atoms with Crippen LogP contribution in [0.2, 0.25) is 0 Å². The summed E-state index contributed by atoms with van der Waals surface area (Å²) in [6, 6.07) is 5.66. The Morgan fingerprint density at radius 1 is 1.10 bits per heavy atom. The van der Waals surface area contributed by atoms with E-state index in [1.54, 1.807) is 25.2 Å². The van der Waals surface area contributed by atoms with Crippen LogP contribution in [0.5, 0.6) is 11.5 Å². The van der Waals surface area contributed by atoms with Gasteiger partial charge in [-0.2, -0.15) is 0 Å². The van der Waals surface area contributed by atoms with E-state index in [2.05, 4.69) is 24.4 Å². The van der Waals surface area contributed by atoms with E-state index >= 15 is 0 Å². The molecule has 1 aromatic rings. The summed E-state index contributed by atoms with van der Waals surface area (Å²) in [5, 5.41) is 3.34. The zero-order valence-corrected chi connectivity index (χ0v) is 17.6. The molecule has 5 heteroatoms. The number of carbonyl (C=O) groups excluding carboxylic acids is 1. The Bertz CT molecular complexity index is 1050. The average molecular weight is 402 g/mol. The Kier molecular flexibility index (Phi) is 5.72. The molecule has 1 aromatic carbocycles. The van der Waals surface area contributed by atoms with Gasteiger partial charge in [0.25, 0.3) is 5.91 Å². The molecule has 0 bridgehead atoms. The maximum Gasteiger partial charge on any atom is 0.255 e. The van der Waals surface area contributed by atoms with Crippen LogP contribution in [0.4, 0.5) is 0 Å². The zero-order valence-electron chi connectivity index (χ0n) is 17.6. The first-order chi connectivity index (χ1) is 14.6. The third kappa shape index (κ3) is 3.89. The molecule has 154 valence electrons. The van der Waals surface area contributed by atoms with Crippen molar-refractivity contribution in [3.8, 4) is 11.5 Å². The molecule has 0 saturated carbocycles. The molecule has 0 aliphatic carbocycles. The molecule has 30 heavy (non-hydrogen) atoms. The third-order valence-electron chi connectivity index (χ3n) is 5.51. The summed E-state index contributed by atoms with van der Waals surface area (Å²) in [7, 11) is 3.21. The van der Waals surface area contributed by atoms with E-state index in [1.165, 1.54) is 11.1 Å². The smallest absolute Gasteiger partial charge is 0.255 e. The maximum absolute atomic E-state index is 13.2. The second-order valence-electron chi connectivity index (χ2n) is 7.38. The molecule has 3 aliphatic heterocycles. The number of carbonyl (C=O) groups is 1. The summed E-state index contributed by atoms with van der Waals surface area (Å²) in [4.78, 5) is 14.9. The van der Waals surface area contributed by atoms with Crippen LogP contribution in [0, 0.1) is 0 Å². The Morgan fingerprint density at radius 2 is 1.93 bits per heavy atom. The molecule has 0 aromatic heterocycles. The van der Waals surface area contributed by atoms with E-state index in [0.717, 1.165) is 41.9 Å². The molecule has 0 atom stereocenters. The quantitative estimate of drug-likeness (QED) is 0.823. The lowest BCUT2D eigenvalue weighted by Gasteiger charge is -2.28. The number of amides is 1. The van der Waals surface area contributed by atoms with Crippen molar-refractivity contribution in [3.05, 3.63) is 88.8 Å². The molecule has 5 nitrogen and oxygen atoms in total. The Labute approximate surface area is 177 Å². The van der Waals surface area contributed by atoms with Crippen molar-refractivity contribution in [1.82, 2.24) is 10.2 Å². The first-order valence-corrected chi connectivity index (χ1v) is 10.1. The van der Waals surface area contributed by atoms with Gasteiger partial charge in [0.2, 0.25) is 0 Å². The van der Waals surface area contributed by atoms with Gasteiger partial charge in [-0.15, -0.1) is 0 Å². The van der Waals surface area contributed by atoms with Gasteiger partial charge in [0.15, 0.2) is 11.5 Å². The summed E-state index contributed by atoms with van der Waals surface area (Å²) in [5.74, 6) is 1.21. The molecule has 0 unspecified atom stereocenters. The van der Waals surface area contributed by atoms with Crippen LogP contribution in [-0.2, 0) is 4.79 Å². The molecule has 1 amide bonds. The highest BCUT2D eigenvalue weighted by Gasteiger charge is 2.23. The maximum atomic E-state index is 13.2. The number of rotatable bonds is 4. The molecule has 4 rings (SSSR count). The van der Waals surface area contributed by atoms with E-state index in [9.17, 15) is 4.79 Å². The predicted octanol–water partition coefficient (Wildman–Crippen LogP) is 4.13. The van der Waals surface area contributed by atoms with Crippen LogP contribution in [0.15, 0.2) is 83.3 Å². The van der Waals surface area contributed by atoms with Gasteiger partial charge < -0.3 is 14.8 Å². The Hall–Kier alpha value is -3.31. The highest BCUT2D eigenvalue weighted by atomic mass is 16.5. The van der Waals surface area contributed by atoms with Gasteiger partial charge >= 0.3 is 0 Å². The molecule has 3 heterocycles. The Balaban J connectivity index is 1.71. The summed E-state index contributed by atoms with van der Waals surface area (Å²) >= 11 is 0. The van der Waals surface area contributed by atoms with Gasteiger partial charge in [0, 0.05) is 24.5 Å². The molecule has 0 spiro atoms. The summed E-state index contributed by atoms with van der Waals surface area (Å²) in [5.41, 5.74) is 6.18. The number of fused-ring (bicyclic) bond motifs is 1. The van der Waals surface area contributed by atoms with Crippen LogP contribution in [0.25, 0.3) is 5.57 Å². The molecule has 0 radical (unpaired) electrons. The topological polar surface area (TPSA) is 50.8 Å². The van der Waals surface area contributed by atoms with Gasteiger partial charge in [-0.05, 0) is 72.0 Å². The second-order valence-corrected chi connectivity index (χ2v) is 7.38. The van der Waals surface area contributed by atoms with Crippen molar-refractivity contribution < 1.29 is 14.3 Å². The monoisotopic (exact) mass is 402 g/mol. The minimum atomic E-state index is -0.0776. The highest BCUT2D eigenvalue weighted by Crippen LogP contribution is 2.34. The fraction of sp³-hybridized carbons (Fsp3) is 0.240. The standard InChI is InChI=1S/C25H26N2O3/c1-17-13-21-6-4-5-19(20-7-8-23(29-2)24(14-20)30-3)15-25(28)27(21)16-22(17)18-9-11-26-12-10-18/h4-9,13-16,26H,10-12H2,1-3H3/b5-4?,19-15?,21-6+. The largest absolute Gasteiger partial charge is 0.493 e. The predicted molar refractivity (Wildman–Crippen MR) is 119 cm³/mol.